The summed E-state index contributed by atoms with van der Waals surface area (Å²) in [6.07, 6.45) is 0. The molecule has 0 unspecified atom stereocenters. The van der Waals surface area contributed by atoms with Crippen LogP contribution in [0.25, 0.3) is 0 Å². The van der Waals surface area contributed by atoms with Gasteiger partial charge in [-0.25, -0.2) is 0 Å². The quantitative estimate of drug-likeness (QED) is 0.121. The van der Waals surface area contributed by atoms with Crippen LogP contribution in [0.5, 0.6) is 0 Å². The number of hydrogen-bond acceptors (Lipinski definition) is 3. The second-order valence-corrected chi connectivity index (χ2v) is 7.70. The molecule has 3 aromatic carbocycles. The third kappa shape index (κ3) is 5.09. The fourth-order valence-electron chi connectivity index (χ4n) is 2.07. The molecule has 130 valence electrons. The van der Waals surface area contributed by atoms with Gasteiger partial charge in [-0.15, -0.1) is 10.2 Å². The molecule has 4 nitrogen and oxygen atoms in total. The number of amidine groups is 1. The van der Waals surface area contributed by atoms with Crippen molar-refractivity contribution in [2.45, 2.75) is 0 Å². The minimum absolute atomic E-state index is 0.490. The van der Waals surface area contributed by atoms with E-state index >= 15 is 0 Å². The molecule has 0 bridgehead atoms. The highest BCUT2D eigenvalue weighted by Gasteiger charge is 2.06. The molecule has 0 saturated heterocycles. The Hall–Kier alpha value is -1.83. The predicted molar refractivity (Wildman–Crippen MR) is 117 cm³/mol. The number of hydrogen-bond donors (Lipinski definition) is 1. The number of anilines is 1. The van der Waals surface area contributed by atoms with Crippen molar-refractivity contribution in [3.05, 3.63) is 91.8 Å². The van der Waals surface area contributed by atoms with E-state index in [0.29, 0.717) is 5.84 Å². The molecule has 3 aromatic rings. The van der Waals surface area contributed by atoms with Gasteiger partial charge in [-0.2, -0.15) is 5.10 Å². The van der Waals surface area contributed by atoms with Gasteiger partial charge in [0.1, 0.15) is 0 Å². The second-order valence-electron chi connectivity index (χ2n) is 5.20. The molecule has 0 aliphatic rings. The molecule has 0 spiro atoms. The minimum atomic E-state index is 0.490. The lowest BCUT2D eigenvalue weighted by molar-refractivity contribution is 1.22. The number of nitrogens with zero attached hydrogens (tertiary/aromatic N) is 3. The Bertz CT molecular complexity index is 919. The van der Waals surface area contributed by atoms with Crippen molar-refractivity contribution in [2.75, 3.05) is 5.43 Å². The zero-order valence-corrected chi connectivity index (χ0v) is 18.2. The fraction of sp³-hybridized carbons (Fsp3) is 0. The standard InChI is InChI=1S/C19H13Br3N4/c20-16-11-15(12-17(21)18(16)22)24-26-19(13-7-3-1-4-8-13)25-23-14-9-5-2-6-10-14/h1-12,24H. The van der Waals surface area contributed by atoms with Gasteiger partial charge in [-0.3, -0.25) is 5.43 Å². The van der Waals surface area contributed by atoms with Gasteiger partial charge < -0.3 is 0 Å². The summed E-state index contributed by atoms with van der Waals surface area (Å²) in [5.74, 6) is 0.490. The van der Waals surface area contributed by atoms with Crippen LogP contribution in [0.1, 0.15) is 5.56 Å². The molecule has 1 N–H and O–H groups in total. The summed E-state index contributed by atoms with van der Waals surface area (Å²) in [6.45, 7) is 0. The third-order valence-electron chi connectivity index (χ3n) is 3.32. The van der Waals surface area contributed by atoms with Crippen LogP contribution in [0.4, 0.5) is 11.4 Å². The van der Waals surface area contributed by atoms with Crippen molar-refractivity contribution in [3.8, 4) is 0 Å². The van der Waals surface area contributed by atoms with Gasteiger partial charge in [0.2, 0.25) is 5.84 Å². The van der Waals surface area contributed by atoms with Gasteiger partial charge in [0.15, 0.2) is 0 Å². The van der Waals surface area contributed by atoms with E-state index in [1.807, 2.05) is 72.8 Å². The molecule has 0 aliphatic heterocycles. The highest BCUT2D eigenvalue weighted by molar-refractivity contribution is 9.14. The topological polar surface area (TPSA) is 49.1 Å². The van der Waals surface area contributed by atoms with Gasteiger partial charge >= 0.3 is 0 Å². The molecule has 3 rings (SSSR count). The van der Waals surface area contributed by atoms with Crippen molar-refractivity contribution in [1.82, 2.24) is 0 Å². The molecule has 0 atom stereocenters. The maximum Gasteiger partial charge on any atom is 0.201 e. The van der Waals surface area contributed by atoms with E-state index in [0.717, 1.165) is 30.4 Å². The van der Waals surface area contributed by atoms with Crippen molar-refractivity contribution in [3.63, 3.8) is 0 Å². The number of hydrazone groups is 1. The van der Waals surface area contributed by atoms with Crippen molar-refractivity contribution < 1.29 is 0 Å². The van der Waals surface area contributed by atoms with Crippen molar-refractivity contribution in [2.24, 2.45) is 15.3 Å². The second kappa shape index (κ2) is 9.21. The normalized spacial score (nSPS) is 11.7. The van der Waals surface area contributed by atoms with Gasteiger partial charge in [0.25, 0.3) is 0 Å². The zero-order valence-electron chi connectivity index (χ0n) is 13.4. The van der Waals surface area contributed by atoms with E-state index in [4.69, 9.17) is 0 Å². The SMILES string of the molecule is Brc1cc(NN=C(N=Nc2ccccc2)c2ccccc2)cc(Br)c1Br. The lowest BCUT2D eigenvalue weighted by Crippen LogP contribution is -2.01. The lowest BCUT2D eigenvalue weighted by atomic mass is 10.2. The highest BCUT2D eigenvalue weighted by atomic mass is 79.9. The minimum Gasteiger partial charge on any atom is -0.276 e. The van der Waals surface area contributed by atoms with Crippen LogP contribution >= 0.6 is 47.8 Å². The van der Waals surface area contributed by atoms with Gasteiger partial charge in [-0.1, -0.05) is 48.5 Å². The molecule has 0 aromatic heterocycles. The summed E-state index contributed by atoms with van der Waals surface area (Å²) < 4.78 is 2.77. The van der Waals surface area contributed by atoms with E-state index in [-0.39, 0.29) is 0 Å². The van der Waals surface area contributed by atoms with Gasteiger partial charge in [0, 0.05) is 19.0 Å². The Morgan fingerprint density at radius 2 is 1.35 bits per heavy atom. The van der Waals surface area contributed by atoms with Gasteiger partial charge in [0.05, 0.1) is 11.4 Å². The molecule has 0 aliphatic carbocycles. The van der Waals surface area contributed by atoms with Crippen molar-refractivity contribution >= 4 is 65.0 Å². The Morgan fingerprint density at radius 1 is 0.769 bits per heavy atom. The van der Waals surface area contributed by atoms with E-state index in [1.54, 1.807) is 0 Å². The average Bonchev–Trinajstić information content (AvgIpc) is 2.67. The molecule has 26 heavy (non-hydrogen) atoms. The van der Waals surface area contributed by atoms with Crippen LogP contribution in [0.2, 0.25) is 0 Å². The van der Waals surface area contributed by atoms with Crippen LogP contribution in [-0.2, 0) is 0 Å². The molecule has 0 amide bonds. The molecule has 0 saturated carbocycles. The van der Waals surface area contributed by atoms with E-state index in [2.05, 4.69) is 68.5 Å². The van der Waals surface area contributed by atoms with Crippen molar-refractivity contribution in [1.29, 1.82) is 0 Å². The molecule has 0 fully saturated rings. The maximum absolute atomic E-state index is 4.44. The molecule has 7 heteroatoms. The van der Waals surface area contributed by atoms with Gasteiger partial charge in [-0.05, 0) is 72.1 Å². The summed E-state index contributed by atoms with van der Waals surface area (Å²) in [4.78, 5) is 0. The summed E-state index contributed by atoms with van der Waals surface area (Å²) in [5, 5.41) is 13.0. The van der Waals surface area contributed by atoms with Crippen LogP contribution in [0, 0.1) is 0 Å². The first-order valence-electron chi connectivity index (χ1n) is 7.64. The predicted octanol–water partition coefficient (Wildman–Crippen LogP) is 7.53. The average molecular weight is 537 g/mol. The molecule has 0 radical (unpaired) electrons. The number of halogens is 3. The monoisotopic (exact) mass is 534 g/mol. The molecular weight excluding hydrogens is 524 g/mol. The number of rotatable bonds is 4. The largest absolute Gasteiger partial charge is 0.276 e. The van der Waals surface area contributed by atoms with Crippen LogP contribution in [0.15, 0.2) is 102 Å². The first-order valence-corrected chi connectivity index (χ1v) is 10.0. The smallest absolute Gasteiger partial charge is 0.201 e. The first-order chi connectivity index (χ1) is 12.6. The summed E-state index contributed by atoms with van der Waals surface area (Å²) in [6, 6.07) is 23.1. The molecular formula is C19H13Br3N4. The first kappa shape index (κ1) is 18.9. The van der Waals surface area contributed by atoms with E-state index < -0.39 is 0 Å². The Labute approximate surface area is 176 Å². The zero-order chi connectivity index (χ0) is 18.4. The highest BCUT2D eigenvalue weighted by Crippen LogP contribution is 2.34. The van der Waals surface area contributed by atoms with E-state index in [9.17, 15) is 0 Å². The third-order valence-corrected chi connectivity index (χ3v) is 6.49. The Morgan fingerprint density at radius 3 is 1.96 bits per heavy atom. The summed E-state index contributed by atoms with van der Waals surface area (Å²) in [5.41, 5.74) is 5.50. The number of azo groups is 1. The Balaban J connectivity index is 1.90. The number of benzene rings is 3. The lowest BCUT2D eigenvalue weighted by Gasteiger charge is -2.06. The Kier molecular flexibility index (Phi) is 6.71. The van der Waals surface area contributed by atoms with Crippen LogP contribution in [-0.4, -0.2) is 5.84 Å². The maximum atomic E-state index is 4.44. The van der Waals surface area contributed by atoms with E-state index in [1.165, 1.54) is 0 Å². The van der Waals surface area contributed by atoms with Crippen LogP contribution < -0.4 is 5.43 Å². The molecule has 0 heterocycles. The van der Waals surface area contributed by atoms with Crippen LogP contribution in [0.3, 0.4) is 0 Å². The fourth-order valence-corrected chi connectivity index (χ4v) is 3.48. The number of nitrogens with one attached hydrogen (secondary N) is 1. The summed E-state index contributed by atoms with van der Waals surface area (Å²) >= 11 is 10.5. The summed E-state index contributed by atoms with van der Waals surface area (Å²) in [7, 11) is 0.